The molecule has 2 aliphatic rings. The molecule has 17 heavy (non-hydrogen) atoms. The molecule has 0 saturated heterocycles. The van der Waals surface area contributed by atoms with Crippen LogP contribution < -0.4 is 5.32 Å². The van der Waals surface area contributed by atoms with E-state index in [0.717, 1.165) is 31.5 Å². The number of amides is 1. The number of rotatable bonds is 3. The van der Waals surface area contributed by atoms with Crippen molar-refractivity contribution in [2.45, 2.75) is 57.6 Å². The molecule has 1 heterocycles. The second-order valence-corrected chi connectivity index (χ2v) is 5.29. The van der Waals surface area contributed by atoms with Crippen LogP contribution >= 0.6 is 0 Å². The zero-order valence-corrected chi connectivity index (χ0v) is 11.0. The van der Waals surface area contributed by atoms with Crippen molar-refractivity contribution < 1.29 is 9.53 Å². The molecule has 0 aromatic carbocycles. The lowest BCUT2D eigenvalue weighted by Gasteiger charge is -2.38. The maximum Gasteiger partial charge on any atom is 0.250 e. The van der Waals surface area contributed by atoms with E-state index in [1.807, 2.05) is 6.92 Å². The average molecular weight is 238 g/mol. The molecule has 3 atom stereocenters. The van der Waals surface area contributed by atoms with E-state index in [-0.39, 0.29) is 17.6 Å². The zero-order chi connectivity index (χ0) is 12.5. The van der Waals surface area contributed by atoms with E-state index < -0.39 is 0 Å². The third kappa shape index (κ3) is 2.23. The Morgan fingerprint density at radius 1 is 1.59 bits per heavy atom. The lowest BCUT2D eigenvalue weighted by Crippen LogP contribution is -2.50. The highest BCUT2D eigenvalue weighted by Crippen LogP contribution is 2.36. The van der Waals surface area contributed by atoms with Gasteiger partial charge in [-0.1, -0.05) is 20.3 Å². The Morgan fingerprint density at radius 3 is 2.88 bits per heavy atom. The van der Waals surface area contributed by atoms with Gasteiger partial charge >= 0.3 is 0 Å². The molecule has 1 aliphatic carbocycles. The van der Waals surface area contributed by atoms with Crippen LogP contribution in [0.3, 0.4) is 0 Å². The Kier molecular flexibility index (Phi) is 3.52. The zero-order valence-electron chi connectivity index (χ0n) is 11.0. The van der Waals surface area contributed by atoms with Crippen molar-refractivity contribution in [2.75, 3.05) is 7.11 Å². The first-order valence-corrected chi connectivity index (χ1v) is 6.55. The Balaban J connectivity index is 2.21. The Bertz CT molecular complexity index is 340. The van der Waals surface area contributed by atoms with Gasteiger partial charge in [-0.15, -0.1) is 0 Å². The quantitative estimate of drug-likeness (QED) is 0.816. The normalized spacial score (nSPS) is 37.8. The number of nitrogens with zero attached hydrogens (tertiary/aromatic N) is 1. The second kappa shape index (κ2) is 4.77. The second-order valence-electron chi connectivity index (χ2n) is 5.29. The molecule has 2 rings (SSSR count). The third-order valence-electron chi connectivity index (χ3n) is 3.99. The van der Waals surface area contributed by atoms with Gasteiger partial charge in [-0.3, -0.25) is 9.79 Å². The topological polar surface area (TPSA) is 50.7 Å². The number of hydrogen-bond acceptors (Lipinski definition) is 3. The molecule has 0 radical (unpaired) electrons. The van der Waals surface area contributed by atoms with Crippen LogP contribution in [0.25, 0.3) is 0 Å². The van der Waals surface area contributed by atoms with Crippen LogP contribution in [-0.4, -0.2) is 30.5 Å². The minimum Gasteiger partial charge on any atom is -0.370 e. The number of methoxy groups -OCH3 is 1. The highest BCUT2D eigenvalue weighted by Gasteiger charge is 2.43. The average Bonchev–Trinajstić information content (AvgIpc) is 2.71. The summed E-state index contributed by atoms with van der Waals surface area (Å²) in [5, 5.41) is 2.92. The van der Waals surface area contributed by atoms with Crippen LogP contribution in [0, 0.1) is 5.92 Å². The highest BCUT2D eigenvalue weighted by atomic mass is 16.5. The van der Waals surface area contributed by atoms with Crippen molar-refractivity contribution in [3.63, 3.8) is 0 Å². The van der Waals surface area contributed by atoms with Gasteiger partial charge in [0.05, 0.1) is 0 Å². The number of carbonyl (C=O) groups excluding carboxylic acids is 1. The van der Waals surface area contributed by atoms with E-state index >= 15 is 0 Å². The van der Waals surface area contributed by atoms with E-state index in [0.29, 0.717) is 5.92 Å². The summed E-state index contributed by atoms with van der Waals surface area (Å²) in [5.74, 6) is 1.42. The van der Waals surface area contributed by atoms with Crippen molar-refractivity contribution >= 4 is 11.7 Å². The number of hydrogen-bond donors (Lipinski definition) is 1. The standard InChI is InChI=1S/C13H22N2O2/c1-4-10-11(16)15-12(14-10)13(17-3)7-5-6-9(2)8-13/h9-10H,4-8H2,1-3H3,(H,14,15,16). The predicted octanol–water partition coefficient (Wildman–Crippen LogP) is 1.89. The molecule has 4 nitrogen and oxygen atoms in total. The molecular formula is C13H22N2O2. The monoisotopic (exact) mass is 238 g/mol. The van der Waals surface area contributed by atoms with Crippen molar-refractivity contribution in [1.29, 1.82) is 0 Å². The highest BCUT2D eigenvalue weighted by molar-refractivity contribution is 6.09. The van der Waals surface area contributed by atoms with Gasteiger partial charge in [0.15, 0.2) is 0 Å². The first-order valence-electron chi connectivity index (χ1n) is 6.55. The molecular weight excluding hydrogens is 216 g/mol. The number of amidine groups is 1. The minimum atomic E-state index is -0.350. The van der Waals surface area contributed by atoms with Gasteiger partial charge in [-0.05, 0) is 31.6 Å². The van der Waals surface area contributed by atoms with Gasteiger partial charge in [0.25, 0.3) is 0 Å². The molecule has 1 saturated carbocycles. The van der Waals surface area contributed by atoms with E-state index in [9.17, 15) is 4.79 Å². The molecule has 96 valence electrons. The molecule has 3 unspecified atom stereocenters. The SMILES string of the molecule is CCC1N=C(C2(OC)CCCC(C)C2)NC1=O. The molecule has 0 spiro atoms. The Morgan fingerprint density at radius 2 is 2.35 bits per heavy atom. The Labute approximate surface area is 103 Å². The molecule has 1 fully saturated rings. The third-order valence-corrected chi connectivity index (χ3v) is 3.99. The lowest BCUT2D eigenvalue weighted by molar-refractivity contribution is -0.120. The van der Waals surface area contributed by atoms with Crippen molar-refractivity contribution in [1.82, 2.24) is 5.32 Å². The summed E-state index contributed by atoms with van der Waals surface area (Å²) in [5.41, 5.74) is -0.350. The fourth-order valence-corrected chi connectivity index (χ4v) is 2.96. The molecule has 1 amide bonds. The Hall–Kier alpha value is -0.900. The minimum absolute atomic E-state index is 0.0251. The van der Waals surface area contributed by atoms with Crippen LogP contribution in [0.2, 0.25) is 0 Å². The molecule has 0 aromatic rings. The van der Waals surface area contributed by atoms with Crippen LogP contribution in [0.4, 0.5) is 0 Å². The van der Waals surface area contributed by atoms with E-state index in [4.69, 9.17) is 4.74 Å². The fourth-order valence-electron chi connectivity index (χ4n) is 2.96. The van der Waals surface area contributed by atoms with Gasteiger partial charge in [-0.2, -0.15) is 0 Å². The number of ether oxygens (including phenoxy) is 1. The van der Waals surface area contributed by atoms with Crippen LogP contribution in [0.15, 0.2) is 4.99 Å². The van der Waals surface area contributed by atoms with Crippen LogP contribution in [0.1, 0.15) is 46.0 Å². The summed E-state index contributed by atoms with van der Waals surface area (Å²) in [4.78, 5) is 16.2. The summed E-state index contributed by atoms with van der Waals surface area (Å²) in [6.07, 6.45) is 5.05. The molecule has 4 heteroatoms. The van der Waals surface area contributed by atoms with Gasteiger partial charge in [0.2, 0.25) is 5.91 Å². The first-order chi connectivity index (χ1) is 8.11. The fraction of sp³-hybridized carbons (Fsp3) is 0.846. The molecule has 1 aliphatic heterocycles. The maximum atomic E-state index is 11.7. The largest absolute Gasteiger partial charge is 0.370 e. The summed E-state index contributed by atoms with van der Waals surface area (Å²) in [6, 6.07) is -0.214. The lowest BCUT2D eigenvalue weighted by atomic mass is 9.78. The summed E-state index contributed by atoms with van der Waals surface area (Å²) in [6.45, 7) is 4.22. The van der Waals surface area contributed by atoms with Crippen LogP contribution in [0.5, 0.6) is 0 Å². The van der Waals surface area contributed by atoms with Crippen molar-refractivity contribution in [3.05, 3.63) is 0 Å². The van der Waals surface area contributed by atoms with E-state index in [2.05, 4.69) is 17.2 Å². The van der Waals surface area contributed by atoms with Crippen molar-refractivity contribution in [3.8, 4) is 0 Å². The smallest absolute Gasteiger partial charge is 0.250 e. The molecule has 0 bridgehead atoms. The van der Waals surface area contributed by atoms with E-state index in [1.165, 1.54) is 6.42 Å². The van der Waals surface area contributed by atoms with Gasteiger partial charge in [-0.25, -0.2) is 0 Å². The summed E-state index contributed by atoms with van der Waals surface area (Å²) in [7, 11) is 1.73. The number of nitrogens with one attached hydrogen (secondary N) is 1. The summed E-state index contributed by atoms with van der Waals surface area (Å²) >= 11 is 0. The molecule has 1 N–H and O–H groups in total. The van der Waals surface area contributed by atoms with Gasteiger partial charge in [0.1, 0.15) is 17.5 Å². The van der Waals surface area contributed by atoms with Gasteiger partial charge in [0, 0.05) is 7.11 Å². The van der Waals surface area contributed by atoms with Crippen molar-refractivity contribution in [2.24, 2.45) is 10.9 Å². The van der Waals surface area contributed by atoms with Gasteiger partial charge < -0.3 is 10.1 Å². The first kappa shape index (κ1) is 12.6. The molecule has 0 aromatic heterocycles. The number of aliphatic imine (C=N–C) groups is 1. The number of carbonyl (C=O) groups is 1. The van der Waals surface area contributed by atoms with E-state index in [1.54, 1.807) is 7.11 Å². The maximum absolute atomic E-state index is 11.7. The predicted molar refractivity (Wildman–Crippen MR) is 67.0 cm³/mol. The van der Waals surface area contributed by atoms with Crippen LogP contribution in [-0.2, 0) is 9.53 Å². The summed E-state index contributed by atoms with van der Waals surface area (Å²) < 4.78 is 5.73.